The van der Waals surface area contributed by atoms with Gasteiger partial charge < -0.3 is 5.32 Å². The van der Waals surface area contributed by atoms with Crippen molar-refractivity contribution in [3.63, 3.8) is 0 Å². The molecular weight excluding hydrogens is 344 g/mol. The van der Waals surface area contributed by atoms with Gasteiger partial charge in [-0.3, -0.25) is 14.9 Å². The summed E-state index contributed by atoms with van der Waals surface area (Å²) < 4.78 is 0.352. The Balaban J connectivity index is 2.17. The third-order valence-electron chi connectivity index (χ3n) is 2.80. The van der Waals surface area contributed by atoms with Gasteiger partial charge in [-0.2, -0.15) is 11.3 Å². The summed E-state index contributed by atoms with van der Waals surface area (Å²) in [5.74, 6) is -0.334. The van der Waals surface area contributed by atoms with Crippen LogP contribution < -0.4 is 5.32 Å². The minimum Gasteiger partial charge on any atom is -0.345 e. The van der Waals surface area contributed by atoms with Gasteiger partial charge in [0.1, 0.15) is 0 Å². The van der Waals surface area contributed by atoms with E-state index in [9.17, 15) is 14.9 Å². The number of amides is 1. The van der Waals surface area contributed by atoms with E-state index < -0.39 is 4.92 Å². The Labute approximate surface area is 127 Å². The molecule has 1 heterocycles. The van der Waals surface area contributed by atoms with Gasteiger partial charge in [-0.1, -0.05) is 0 Å². The molecule has 2 aromatic rings. The van der Waals surface area contributed by atoms with Crippen LogP contribution in [-0.2, 0) is 0 Å². The molecule has 0 radical (unpaired) electrons. The van der Waals surface area contributed by atoms with Gasteiger partial charge in [0, 0.05) is 11.6 Å². The standard InChI is InChI=1S/C13H11BrN2O3S/c1-8(10-4-5-20-7-10)15-13(17)9-2-3-11(14)12(6-9)16(18)19/h2-8H,1H3,(H,15,17). The Hall–Kier alpha value is -1.73. The van der Waals surface area contributed by atoms with Crippen LogP contribution in [0.15, 0.2) is 39.5 Å². The molecule has 0 saturated carbocycles. The molecule has 7 heteroatoms. The SMILES string of the molecule is CC(NC(=O)c1ccc(Br)c([N+](=O)[O-])c1)c1ccsc1. The van der Waals surface area contributed by atoms with Crippen LogP contribution >= 0.6 is 27.3 Å². The molecular formula is C13H11BrN2O3S. The van der Waals surface area contributed by atoms with Gasteiger partial charge in [-0.15, -0.1) is 0 Å². The molecule has 1 aromatic heterocycles. The van der Waals surface area contributed by atoms with E-state index in [0.29, 0.717) is 4.47 Å². The minimum atomic E-state index is -0.525. The van der Waals surface area contributed by atoms with E-state index >= 15 is 0 Å². The van der Waals surface area contributed by atoms with Gasteiger partial charge in [0.05, 0.1) is 15.4 Å². The van der Waals surface area contributed by atoms with E-state index in [0.717, 1.165) is 5.56 Å². The van der Waals surface area contributed by atoms with Crippen molar-refractivity contribution in [3.05, 3.63) is 60.7 Å². The second-order valence-electron chi connectivity index (χ2n) is 4.18. The number of nitro benzene ring substituents is 1. The van der Waals surface area contributed by atoms with Crippen molar-refractivity contribution in [3.8, 4) is 0 Å². The molecule has 1 amide bonds. The highest BCUT2D eigenvalue weighted by molar-refractivity contribution is 9.10. The van der Waals surface area contributed by atoms with E-state index in [-0.39, 0.29) is 23.2 Å². The Morgan fingerprint density at radius 1 is 1.45 bits per heavy atom. The number of nitrogens with one attached hydrogen (secondary N) is 1. The van der Waals surface area contributed by atoms with Crippen LogP contribution in [0.1, 0.15) is 28.9 Å². The molecule has 5 nitrogen and oxygen atoms in total. The largest absolute Gasteiger partial charge is 0.345 e. The van der Waals surface area contributed by atoms with Crippen LogP contribution in [0.2, 0.25) is 0 Å². The lowest BCUT2D eigenvalue weighted by Crippen LogP contribution is -2.26. The molecule has 0 spiro atoms. The minimum absolute atomic E-state index is 0.124. The van der Waals surface area contributed by atoms with Gasteiger partial charge in [0.2, 0.25) is 0 Å². The summed E-state index contributed by atoms with van der Waals surface area (Å²) in [4.78, 5) is 22.4. The Morgan fingerprint density at radius 2 is 2.20 bits per heavy atom. The maximum absolute atomic E-state index is 12.1. The number of benzene rings is 1. The highest BCUT2D eigenvalue weighted by Crippen LogP contribution is 2.26. The van der Waals surface area contributed by atoms with Crippen molar-refractivity contribution in [2.24, 2.45) is 0 Å². The number of nitrogens with zero attached hydrogens (tertiary/aromatic N) is 1. The topological polar surface area (TPSA) is 72.2 Å². The van der Waals surface area contributed by atoms with E-state index in [4.69, 9.17) is 0 Å². The summed E-state index contributed by atoms with van der Waals surface area (Å²) in [6.07, 6.45) is 0. The maximum atomic E-state index is 12.1. The highest BCUT2D eigenvalue weighted by Gasteiger charge is 2.17. The van der Waals surface area contributed by atoms with Gasteiger partial charge >= 0.3 is 0 Å². The Morgan fingerprint density at radius 3 is 2.80 bits per heavy atom. The summed E-state index contributed by atoms with van der Waals surface area (Å²) in [6, 6.07) is 6.10. The number of rotatable bonds is 4. The second kappa shape index (κ2) is 6.15. The van der Waals surface area contributed by atoms with Crippen LogP contribution in [0, 0.1) is 10.1 Å². The van der Waals surface area contributed by atoms with E-state index in [2.05, 4.69) is 21.2 Å². The smallest absolute Gasteiger partial charge is 0.284 e. The Bertz CT molecular complexity index is 643. The number of halogens is 1. The molecule has 104 valence electrons. The van der Waals surface area contributed by atoms with Crippen molar-refractivity contribution in [2.75, 3.05) is 0 Å². The van der Waals surface area contributed by atoms with Crippen molar-refractivity contribution < 1.29 is 9.72 Å². The fraction of sp³-hybridized carbons (Fsp3) is 0.154. The molecule has 2 rings (SSSR count). The predicted octanol–water partition coefficient (Wildman–Crippen LogP) is 3.91. The number of thiophene rings is 1. The number of carbonyl (C=O) groups excluding carboxylic acids is 1. The first-order chi connectivity index (χ1) is 9.49. The fourth-order valence-electron chi connectivity index (χ4n) is 1.68. The molecule has 1 atom stereocenters. The predicted molar refractivity (Wildman–Crippen MR) is 81.0 cm³/mol. The van der Waals surface area contributed by atoms with Crippen LogP contribution in [-0.4, -0.2) is 10.8 Å². The molecule has 0 saturated heterocycles. The van der Waals surface area contributed by atoms with E-state index in [1.165, 1.54) is 12.1 Å². The lowest BCUT2D eigenvalue weighted by Gasteiger charge is -2.12. The molecule has 20 heavy (non-hydrogen) atoms. The lowest BCUT2D eigenvalue weighted by molar-refractivity contribution is -0.385. The third-order valence-corrected chi connectivity index (χ3v) is 4.17. The molecule has 0 aliphatic carbocycles. The first-order valence-electron chi connectivity index (χ1n) is 5.76. The second-order valence-corrected chi connectivity index (χ2v) is 5.81. The number of hydrogen-bond acceptors (Lipinski definition) is 4. The van der Waals surface area contributed by atoms with Crippen LogP contribution in [0.3, 0.4) is 0 Å². The first kappa shape index (κ1) is 14.7. The fourth-order valence-corrected chi connectivity index (χ4v) is 2.82. The van der Waals surface area contributed by atoms with Crippen molar-refractivity contribution in [1.29, 1.82) is 0 Å². The third kappa shape index (κ3) is 3.23. The maximum Gasteiger partial charge on any atom is 0.284 e. The quantitative estimate of drug-likeness (QED) is 0.668. The summed E-state index contributed by atoms with van der Waals surface area (Å²) in [5, 5.41) is 17.6. The van der Waals surface area contributed by atoms with Crippen LogP contribution in [0.25, 0.3) is 0 Å². The van der Waals surface area contributed by atoms with Crippen LogP contribution in [0.4, 0.5) is 5.69 Å². The summed E-state index contributed by atoms with van der Waals surface area (Å²) in [7, 11) is 0. The lowest BCUT2D eigenvalue weighted by atomic mass is 10.1. The summed E-state index contributed by atoms with van der Waals surface area (Å²) >= 11 is 4.64. The zero-order valence-corrected chi connectivity index (χ0v) is 12.9. The Kier molecular flexibility index (Phi) is 4.51. The average molecular weight is 355 g/mol. The number of nitro groups is 1. The van der Waals surface area contributed by atoms with Crippen molar-refractivity contribution >= 4 is 38.9 Å². The molecule has 0 fully saturated rings. The molecule has 1 N–H and O–H groups in total. The van der Waals surface area contributed by atoms with Crippen LogP contribution in [0.5, 0.6) is 0 Å². The normalized spacial score (nSPS) is 11.9. The summed E-state index contributed by atoms with van der Waals surface area (Å²) in [6.45, 7) is 1.87. The molecule has 1 aromatic carbocycles. The first-order valence-corrected chi connectivity index (χ1v) is 7.49. The molecule has 1 unspecified atom stereocenters. The zero-order valence-electron chi connectivity index (χ0n) is 10.5. The molecule has 0 aliphatic rings. The highest BCUT2D eigenvalue weighted by atomic mass is 79.9. The molecule has 0 bridgehead atoms. The average Bonchev–Trinajstić information content (AvgIpc) is 2.92. The van der Waals surface area contributed by atoms with Crippen molar-refractivity contribution in [1.82, 2.24) is 5.32 Å². The zero-order chi connectivity index (χ0) is 14.7. The number of carbonyl (C=O) groups is 1. The summed E-state index contributed by atoms with van der Waals surface area (Å²) in [5.41, 5.74) is 1.15. The van der Waals surface area contributed by atoms with Gasteiger partial charge in [-0.05, 0) is 57.4 Å². The monoisotopic (exact) mass is 354 g/mol. The van der Waals surface area contributed by atoms with Gasteiger partial charge in [0.15, 0.2) is 0 Å². The molecule has 0 aliphatic heterocycles. The van der Waals surface area contributed by atoms with Gasteiger partial charge in [0.25, 0.3) is 11.6 Å². The number of hydrogen-bond donors (Lipinski definition) is 1. The van der Waals surface area contributed by atoms with Gasteiger partial charge in [-0.25, -0.2) is 0 Å². The van der Waals surface area contributed by atoms with Crippen molar-refractivity contribution in [2.45, 2.75) is 13.0 Å². The van der Waals surface area contributed by atoms with E-state index in [1.807, 2.05) is 23.8 Å². The van der Waals surface area contributed by atoms with E-state index in [1.54, 1.807) is 17.4 Å².